The molecule has 27 nitrogen and oxygen atoms in total. The summed E-state index contributed by atoms with van der Waals surface area (Å²) in [5, 5.41) is 38.8. The Hall–Kier alpha value is -10.4. The maximum absolute atomic E-state index is 13.9. The third-order valence-electron chi connectivity index (χ3n) is 21.7. The molecular formula is C86H77Br4F4N15O12S4. The zero-order valence-electron chi connectivity index (χ0n) is 67.4. The van der Waals surface area contributed by atoms with E-state index in [1.54, 1.807) is 87.0 Å². The van der Waals surface area contributed by atoms with Crippen LogP contribution in [0.4, 0.5) is 17.6 Å². The normalized spacial score (nSPS) is 21.7. The first-order chi connectivity index (χ1) is 60.4. The van der Waals surface area contributed by atoms with Gasteiger partial charge in [-0.25, -0.2) is 56.7 Å². The molecule has 8 aromatic rings. The van der Waals surface area contributed by atoms with Crippen LogP contribution in [0.1, 0.15) is 133 Å². The number of ether oxygens (including phenoxy) is 5. The Morgan fingerprint density at radius 2 is 0.776 bits per heavy atom. The van der Waals surface area contributed by atoms with E-state index in [1.807, 2.05) is 25.9 Å². The van der Waals surface area contributed by atoms with Crippen molar-refractivity contribution in [1.82, 2.24) is 44.4 Å². The molecule has 4 aromatic carbocycles. The Bertz CT molecular complexity index is 5670. The summed E-state index contributed by atoms with van der Waals surface area (Å²) in [5.74, 6) is -3.34. The summed E-state index contributed by atoms with van der Waals surface area (Å²) in [5.41, 5.74) is 6.91. The second kappa shape index (κ2) is 40.5. The van der Waals surface area contributed by atoms with Crippen LogP contribution in [0.3, 0.4) is 0 Å². The third-order valence-corrected chi connectivity index (χ3v) is 27.5. The van der Waals surface area contributed by atoms with E-state index in [1.165, 1.54) is 101 Å². The maximum Gasteiger partial charge on any atom is 0.338 e. The zero-order chi connectivity index (χ0) is 88.6. The lowest BCUT2D eigenvalue weighted by molar-refractivity contribution is -0.146. The fourth-order valence-electron chi connectivity index (χ4n) is 16.4. The maximum atomic E-state index is 13.9. The summed E-state index contributed by atoms with van der Waals surface area (Å²) in [6.45, 7) is 11.0. The molecule has 0 bridgehead atoms. The van der Waals surface area contributed by atoms with Gasteiger partial charge in [0.05, 0.1) is 85.7 Å². The SMILES string of the molecule is CCOC(=O)C1=C2CC(C(=O)O)CN2C(c2nccs2)=NC1c1ccc(F)cc1Br.CCOC(=O)C1=C2C[C@@H](C#N)CN2C(c2nccs2)=NC1c1ccc(F)cc1Br.CCOC(=O)C1=C2C[C@H](C#N)CN2C(c2nccs2)=N[C@H]1c1ccc(F)cc1Br.CCOC(=O)C1=C2C[C@H](CN3CCC[C@H]3C(=O)OC)CN2C(c2nccs2)=N[C@H]1c1ccc(F)cc1Br. The molecule has 39 heteroatoms. The number of amidine groups is 4. The highest BCUT2D eigenvalue weighted by atomic mass is 79.9. The summed E-state index contributed by atoms with van der Waals surface area (Å²) in [7, 11) is 1.43. The molecular weight excluding hydrogens is 1960 g/mol. The molecule has 648 valence electrons. The number of carbonyl (C=O) groups excluding carboxylic acids is 5. The lowest BCUT2D eigenvalue weighted by Gasteiger charge is -2.32. The fourth-order valence-corrected chi connectivity index (χ4v) is 21.2. The molecule has 3 unspecified atom stereocenters. The molecule has 9 aliphatic heterocycles. The number of aromatic nitrogens is 4. The van der Waals surface area contributed by atoms with Crippen LogP contribution in [0.25, 0.3) is 0 Å². The number of fused-ring (bicyclic) bond motifs is 4. The van der Waals surface area contributed by atoms with Crippen molar-refractivity contribution in [3.05, 3.63) is 248 Å². The Morgan fingerprint density at radius 1 is 0.464 bits per heavy atom. The lowest BCUT2D eigenvalue weighted by atomic mass is 9.93. The minimum absolute atomic E-state index is 0.158. The van der Waals surface area contributed by atoms with E-state index in [4.69, 9.17) is 43.7 Å². The highest BCUT2D eigenvalue weighted by molar-refractivity contribution is 9.11. The van der Waals surface area contributed by atoms with E-state index in [2.05, 4.69) is 106 Å². The van der Waals surface area contributed by atoms with Gasteiger partial charge in [-0.15, -0.1) is 45.3 Å². The van der Waals surface area contributed by atoms with Gasteiger partial charge in [-0.2, -0.15) is 10.5 Å². The number of carboxylic acids is 1. The number of allylic oxidation sites excluding steroid dienone is 4. The molecule has 9 aliphatic rings. The van der Waals surface area contributed by atoms with Gasteiger partial charge < -0.3 is 48.4 Å². The van der Waals surface area contributed by atoms with Crippen LogP contribution in [0.15, 0.2) is 202 Å². The first-order valence-corrected chi connectivity index (χ1v) is 46.3. The van der Waals surface area contributed by atoms with Gasteiger partial charge in [-0.05, 0) is 130 Å². The predicted molar refractivity (Wildman–Crippen MR) is 471 cm³/mol. The van der Waals surface area contributed by atoms with Crippen molar-refractivity contribution in [2.75, 3.05) is 72.8 Å². The number of benzene rings is 4. The number of aliphatic imine (C=N–C) groups is 4. The van der Waals surface area contributed by atoms with Gasteiger partial charge >= 0.3 is 35.8 Å². The average Bonchev–Trinajstić information content (AvgIpc) is 1.75. The number of rotatable bonds is 20. The molecule has 0 aliphatic carbocycles. The molecule has 0 spiro atoms. The number of esters is 5. The topological polar surface area (TPSA) is 334 Å². The number of carboxylic acid groups (broad SMARTS) is 1. The first kappa shape index (κ1) is 90.9. The van der Waals surface area contributed by atoms with Crippen LogP contribution in [-0.4, -0.2) is 188 Å². The van der Waals surface area contributed by atoms with Crippen molar-refractivity contribution in [1.29, 1.82) is 10.5 Å². The molecule has 0 radical (unpaired) electrons. The molecule has 13 heterocycles. The quantitative estimate of drug-likeness (QED) is 0.0421. The smallest absolute Gasteiger partial charge is 0.338 e. The number of hydrogen-bond donors (Lipinski definition) is 1. The number of nitriles is 2. The van der Waals surface area contributed by atoms with E-state index in [9.17, 15) is 62.0 Å². The number of aliphatic carboxylic acids is 1. The summed E-state index contributed by atoms with van der Waals surface area (Å²) >= 11 is 19.4. The van der Waals surface area contributed by atoms with Crippen molar-refractivity contribution in [2.45, 2.75) is 96.4 Å². The Morgan fingerprint density at radius 3 is 1.06 bits per heavy atom. The second-order valence-electron chi connectivity index (χ2n) is 29.2. The largest absolute Gasteiger partial charge is 0.481 e. The van der Waals surface area contributed by atoms with Crippen molar-refractivity contribution in [3.8, 4) is 12.1 Å². The van der Waals surface area contributed by atoms with E-state index >= 15 is 0 Å². The number of thiazole rings is 4. The number of hydrogen-bond acceptors (Lipinski definition) is 30. The van der Waals surface area contributed by atoms with E-state index < -0.39 is 77.4 Å². The molecule has 9 atom stereocenters. The van der Waals surface area contributed by atoms with Gasteiger partial charge in [0, 0.05) is 139 Å². The van der Waals surface area contributed by atoms with Crippen LogP contribution in [-0.2, 0) is 52.5 Å². The molecule has 17 rings (SSSR count). The second-order valence-corrected chi connectivity index (χ2v) is 36.2. The molecule has 0 saturated carbocycles. The van der Waals surface area contributed by atoms with Crippen LogP contribution >= 0.6 is 109 Å². The monoisotopic (exact) mass is 2030 g/mol. The highest BCUT2D eigenvalue weighted by Crippen LogP contribution is 2.50. The molecule has 125 heavy (non-hydrogen) atoms. The average molecular weight is 2040 g/mol. The van der Waals surface area contributed by atoms with E-state index in [0.717, 1.165) is 41.5 Å². The number of methoxy groups -OCH3 is 1. The van der Waals surface area contributed by atoms with Crippen LogP contribution in [0, 0.1) is 69.6 Å². The Balaban J connectivity index is 0.000000136. The molecule has 4 aromatic heterocycles. The lowest BCUT2D eigenvalue weighted by Crippen LogP contribution is -2.41. The summed E-state index contributed by atoms with van der Waals surface area (Å²) in [6.07, 6.45) is 10.1. The van der Waals surface area contributed by atoms with Gasteiger partial charge in [0.25, 0.3) is 0 Å². The number of carbonyl (C=O) groups is 6. The van der Waals surface area contributed by atoms with Crippen molar-refractivity contribution >= 4 is 168 Å². The number of nitrogens with zero attached hydrogens (tertiary/aromatic N) is 15. The molecule has 5 fully saturated rings. The minimum Gasteiger partial charge on any atom is -0.481 e. The number of likely N-dealkylation sites (tertiary alicyclic amines) is 1. The summed E-state index contributed by atoms with van der Waals surface area (Å²) in [4.78, 5) is 123. The third kappa shape index (κ3) is 19.5. The standard InChI is InChI=1S/C26H28BrFN4O4S.2C20H16BrFN4O2S.C20H17BrFN3O4S/c1-3-36-26(34)21-20-11-15(13-31-9-4-5-19(31)25(33)35-2)14-32(20)23(24-29-8-10-37-24)30-22(21)17-7-6-16(28)12-18(17)27;2*1-2-28-20(27)16-15-7-11(9-23)10-26(15)18(19-24-5-6-29-19)25-17(16)13-4-3-12(22)8-14(13)21;1-2-29-20(28)15-14-7-10(19(26)27)9-25(14)17(18-23-5-6-30-18)24-16(15)12-4-3-11(22)8-13(12)21/h6-8,10,12,15,19,22H,3-5,9,11,13-14H2,1-2H3;2*3-6,8,11,17H,2,7,10H2,1H3;3-6,8,10,16H,2,7,9H2,1H3,(H,26,27)/t15-,19+,22+;11-,17?;11-,17+;/m101./s1. The van der Waals surface area contributed by atoms with Crippen LogP contribution < -0.4 is 0 Å². The number of halogens is 8. The summed E-state index contributed by atoms with van der Waals surface area (Å²) in [6, 6.07) is 18.7. The van der Waals surface area contributed by atoms with Crippen LogP contribution in [0.5, 0.6) is 0 Å². The summed E-state index contributed by atoms with van der Waals surface area (Å²) < 4.78 is 83.5. The highest BCUT2D eigenvalue weighted by Gasteiger charge is 2.49. The van der Waals surface area contributed by atoms with E-state index in [-0.39, 0.29) is 80.5 Å². The molecule has 0 amide bonds. The van der Waals surface area contributed by atoms with Crippen molar-refractivity contribution in [3.63, 3.8) is 0 Å². The van der Waals surface area contributed by atoms with Gasteiger partial charge in [-0.3, -0.25) is 34.5 Å². The van der Waals surface area contributed by atoms with Gasteiger partial charge in [0.1, 0.15) is 53.5 Å². The molecule has 5 saturated heterocycles. The Kier molecular flexibility index (Phi) is 29.5. The minimum atomic E-state index is -0.946. The first-order valence-electron chi connectivity index (χ1n) is 39.6. The van der Waals surface area contributed by atoms with Gasteiger partial charge in [-0.1, -0.05) is 88.0 Å². The van der Waals surface area contributed by atoms with E-state index in [0.29, 0.717) is 146 Å². The Labute approximate surface area is 764 Å². The van der Waals surface area contributed by atoms with Crippen molar-refractivity contribution in [2.24, 2.45) is 43.6 Å². The van der Waals surface area contributed by atoms with Crippen LogP contribution in [0.2, 0.25) is 0 Å². The molecule has 1 N–H and O–H groups in total. The fraction of sp³-hybridized carbons (Fsp3) is 0.349. The van der Waals surface area contributed by atoms with Crippen molar-refractivity contribution < 1.29 is 75.1 Å². The van der Waals surface area contributed by atoms with Gasteiger partial charge in [0.15, 0.2) is 43.4 Å². The van der Waals surface area contributed by atoms with Gasteiger partial charge in [0.2, 0.25) is 0 Å². The predicted octanol–water partition coefficient (Wildman–Crippen LogP) is 16.5. The zero-order valence-corrected chi connectivity index (χ0v) is 77.0.